The van der Waals surface area contributed by atoms with E-state index < -0.39 is 12.1 Å². The average molecular weight is 352 g/mol. The van der Waals surface area contributed by atoms with Crippen molar-refractivity contribution in [2.45, 2.75) is 6.10 Å². The van der Waals surface area contributed by atoms with E-state index in [0.29, 0.717) is 10.8 Å². The molecule has 25 heavy (non-hydrogen) atoms. The van der Waals surface area contributed by atoms with Gasteiger partial charge in [-0.05, 0) is 17.7 Å². The fourth-order valence-electron chi connectivity index (χ4n) is 2.39. The molecule has 0 aliphatic carbocycles. The van der Waals surface area contributed by atoms with Crippen LogP contribution in [0.3, 0.4) is 0 Å². The highest BCUT2D eigenvalue weighted by atomic mass is 32.1. The van der Waals surface area contributed by atoms with Crippen LogP contribution in [0.4, 0.5) is 0 Å². The van der Waals surface area contributed by atoms with E-state index in [1.165, 1.54) is 24.0 Å². The summed E-state index contributed by atoms with van der Waals surface area (Å²) in [4.78, 5) is 21.0. The number of carbonyl (C=O) groups excluding carboxylic acids is 1. The number of nitrogens with zero attached hydrogens (tertiary/aromatic N) is 2. The Kier molecular flexibility index (Phi) is 4.14. The Morgan fingerprint density at radius 2 is 1.96 bits per heavy atom. The molecule has 7 heteroatoms. The van der Waals surface area contributed by atoms with Crippen LogP contribution in [0.25, 0.3) is 11.5 Å². The summed E-state index contributed by atoms with van der Waals surface area (Å²) in [6.45, 7) is 0. The van der Waals surface area contributed by atoms with E-state index >= 15 is 0 Å². The molecule has 1 unspecified atom stereocenters. The van der Waals surface area contributed by atoms with Gasteiger partial charge in [0, 0.05) is 11.6 Å². The third-order valence-corrected chi connectivity index (χ3v) is 4.33. The molecule has 0 saturated carbocycles. The van der Waals surface area contributed by atoms with Crippen molar-refractivity contribution in [3.63, 3.8) is 0 Å². The average Bonchev–Trinajstić information content (AvgIpc) is 3.42. The van der Waals surface area contributed by atoms with Crippen molar-refractivity contribution < 1.29 is 18.4 Å². The first-order chi connectivity index (χ1) is 12.3. The summed E-state index contributed by atoms with van der Waals surface area (Å²) in [6.07, 6.45) is 3.74. The number of hydrogen-bond donors (Lipinski definition) is 0. The van der Waals surface area contributed by atoms with Crippen LogP contribution >= 0.6 is 11.3 Å². The summed E-state index contributed by atoms with van der Waals surface area (Å²) in [5.74, 6) is 0.0418. The first-order valence-corrected chi connectivity index (χ1v) is 8.33. The van der Waals surface area contributed by atoms with Gasteiger partial charge in [0.25, 0.3) is 0 Å². The number of thiazole rings is 1. The Labute approximate surface area is 146 Å². The highest BCUT2D eigenvalue weighted by Crippen LogP contribution is 2.30. The third kappa shape index (κ3) is 3.09. The number of rotatable bonds is 5. The van der Waals surface area contributed by atoms with Gasteiger partial charge < -0.3 is 13.6 Å². The summed E-state index contributed by atoms with van der Waals surface area (Å²) in [6, 6.07) is 12.8. The number of ether oxygens (including phenoxy) is 1. The highest BCUT2D eigenvalue weighted by Gasteiger charge is 2.27. The van der Waals surface area contributed by atoms with Gasteiger partial charge in [0.05, 0.1) is 6.26 Å². The molecule has 1 atom stereocenters. The van der Waals surface area contributed by atoms with Crippen LogP contribution in [0.15, 0.2) is 75.5 Å². The Hall–Kier alpha value is -3.19. The zero-order chi connectivity index (χ0) is 17.1. The van der Waals surface area contributed by atoms with Crippen LogP contribution in [-0.4, -0.2) is 15.9 Å². The van der Waals surface area contributed by atoms with Gasteiger partial charge >= 0.3 is 5.97 Å². The highest BCUT2D eigenvalue weighted by molar-refractivity contribution is 7.09. The maximum Gasteiger partial charge on any atom is 0.362 e. The molecule has 0 saturated heterocycles. The predicted molar refractivity (Wildman–Crippen MR) is 90.0 cm³/mol. The predicted octanol–water partition coefficient (Wildman–Crippen LogP) is 4.34. The Balaban J connectivity index is 1.65. The standard InChI is InChI=1S/C18H12N2O4S/c21-18(14-16(23-11-20-14)13-7-4-9-22-13)24-15(17-19-8-10-25-17)12-5-2-1-3-6-12/h1-11,15H. The monoisotopic (exact) mass is 352 g/mol. The number of benzene rings is 1. The molecule has 6 nitrogen and oxygen atoms in total. The summed E-state index contributed by atoms with van der Waals surface area (Å²) in [5, 5.41) is 2.52. The van der Waals surface area contributed by atoms with Crippen LogP contribution in [0, 0.1) is 0 Å². The van der Waals surface area contributed by atoms with Crippen LogP contribution in [0.1, 0.15) is 27.2 Å². The Morgan fingerprint density at radius 3 is 2.68 bits per heavy atom. The molecule has 0 amide bonds. The SMILES string of the molecule is O=C(OC(c1ccccc1)c1nccs1)c1ncoc1-c1ccco1. The minimum atomic E-state index is -0.616. The van der Waals surface area contributed by atoms with Crippen molar-refractivity contribution in [2.75, 3.05) is 0 Å². The molecule has 0 N–H and O–H groups in total. The maximum atomic E-state index is 12.7. The van der Waals surface area contributed by atoms with Crippen LogP contribution in [-0.2, 0) is 4.74 Å². The van der Waals surface area contributed by atoms with Crippen LogP contribution in [0.2, 0.25) is 0 Å². The molecule has 4 aromatic rings. The van der Waals surface area contributed by atoms with E-state index in [1.807, 2.05) is 35.7 Å². The molecular weight excluding hydrogens is 340 g/mol. The van der Waals surface area contributed by atoms with E-state index in [-0.39, 0.29) is 11.5 Å². The lowest BCUT2D eigenvalue weighted by atomic mass is 10.1. The van der Waals surface area contributed by atoms with E-state index in [9.17, 15) is 4.79 Å². The normalized spacial score (nSPS) is 12.0. The second-order valence-electron chi connectivity index (χ2n) is 5.07. The first kappa shape index (κ1) is 15.3. The molecule has 0 aliphatic rings. The second kappa shape index (κ2) is 6.74. The molecule has 0 bridgehead atoms. The van der Waals surface area contributed by atoms with Crippen molar-refractivity contribution in [2.24, 2.45) is 0 Å². The summed E-state index contributed by atoms with van der Waals surface area (Å²) in [5.41, 5.74) is 0.890. The van der Waals surface area contributed by atoms with Gasteiger partial charge in [-0.25, -0.2) is 14.8 Å². The van der Waals surface area contributed by atoms with Gasteiger partial charge in [-0.3, -0.25) is 0 Å². The Bertz CT molecular complexity index is 946. The van der Waals surface area contributed by atoms with Gasteiger partial charge in [0.1, 0.15) is 5.01 Å². The lowest BCUT2D eigenvalue weighted by Gasteiger charge is -2.15. The number of oxazole rings is 1. The molecule has 3 heterocycles. The van der Waals surface area contributed by atoms with E-state index in [0.717, 1.165) is 5.56 Å². The van der Waals surface area contributed by atoms with E-state index in [2.05, 4.69) is 9.97 Å². The number of carbonyl (C=O) groups is 1. The van der Waals surface area contributed by atoms with Crippen LogP contribution in [0.5, 0.6) is 0 Å². The van der Waals surface area contributed by atoms with E-state index in [1.54, 1.807) is 18.3 Å². The minimum absolute atomic E-state index is 0.0624. The number of furan rings is 1. The Morgan fingerprint density at radius 1 is 1.08 bits per heavy atom. The molecule has 0 aliphatic heterocycles. The lowest BCUT2D eigenvalue weighted by molar-refractivity contribution is 0.0371. The fraction of sp³-hybridized carbons (Fsp3) is 0.0556. The summed E-state index contributed by atoms with van der Waals surface area (Å²) >= 11 is 1.42. The van der Waals surface area contributed by atoms with Gasteiger partial charge in [-0.1, -0.05) is 30.3 Å². The van der Waals surface area contributed by atoms with Gasteiger partial charge in [-0.15, -0.1) is 11.3 Å². The molecule has 0 fully saturated rings. The number of esters is 1. The molecule has 0 spiro atoms. The smallest absolute Gasteiger partial charge is 0.362 e. The lowest BCUT2D eigenvalue weighted by Crippen LogP contribution is -2.14. The number of aromatic nitrogens is 2. The van der Waals surface area contributed by atoms with Crippen molar-refractivity contribution in [1.29, 1.82) is 0 Å². The van der Waals surface area contributed by atoms with Gasteiger partial charge in [-0.2, -0.15) is 0 Å². The first-order valence-electron chi connectivity index (χ1n) is 7.45. The molecule has 1 aromatic carbocycles. The van der Waals surface area contributed by atoms with Crippen molar-refractivity contribution in [3.05, 3.63) is 83.0 Å². The topological polar surface area (TPSA) is 78.4 Å². The quantitative estimate of drug-likeness (QED) is 0.497. The fourth-order valence-corrected chi connectivity index (χ4v) is 3.08. The van der Waals surface area contributed by atoms with Gasteiger partial charge in [0.15, 0.2) is 24.0 Å². The zero-order valence-electron chi connectivity index (χ0n) is 12.9. The van der Waals surface area contributed by atoms with Gasteiger partial charge in [0.2, 0.25) is 5.76 Å². The largest absolute Gasteiger partial charge is 0.461 e. The maximum absolute atomic E-state index is 12.7. The van der Waals surface area contributed by atoms with Crippen LogP contribution < -0.4 is 0 Å². The molecule has 0 radical (unpaired) electrons. The van der Waals surface area contributed by atoms with E-state index in [4.69, 9.17) is 13.6 Å². The summed E-state index contributed by atoms with van der Waals surface area (Å²) in [7, 11) is 0. The second-order valence-corrected chi connectivity index (χ2v) is 6.00. The molecule has 4 rings (SSSR count). The molecule has 124 valence electrons. The number of hydrogen-bond acceptors (Lipinski definition) is 7. The zero-order valence-corrected chi connectivity index (χ0v) is 13.7. The third-order valence-electron chi connectivity index (χ3n) is 3.51. The minimum Gasteiger partial charge on any atom is -0.461 e. The molecule has 3 aromatic heterocycles. The van der Waals surface area contributed by atoms with Crippen molar-refractivity contribution >= 4 is 17.3 Å². The van der Waals surface area contributed by atoms with Crippen molar-refractivity contribution in [3.8, 4) is 11.5 Å². The summed E-state index contributed by atoms with van der Waals surface area (Å²) < 4.78 is 16.3. The van der Waals surface area contributed by atoms with Crippen molar-refractivity contribution in [1.82, 2.24) is 9.97 Å². The molecular formula is C18H12N2O4S.